The number of hydrogen-bond donors (Lipinski definition) is 0. The number of benzene rings is 1. The van der Waals surface area contributed by atoms with Crippen molar-refractivity contribution in [1.29, 1.82) is 0 Å². The fraction of sp³-hybridized carbons (Fsp3) is 0.231. The number of nitrogens with zero attached hydrogens (tertiary/aromatic N) is 2. The zero-order valence-corrected chi connectivity index (χ0v) is 10.2. The molecule has 18 heavy (non-hydrogen) atoms. The maximum atomic E-state index is 12.9. The van der Waals surface area contributed by atoms with Gasteiger partial charge in [-0.15, -0.1) is 0 Å². The van der Waals surface area contributed by atoms with Crippen molar-refractivity contribution in [2.24, 2.45) is 7.05 Å². The van der Waals surface area contributed by atoms with Crippen molar-refractivity contribution in [2.75, 3.05) is 0 Å². The minimum absolute atomic E-state index is 0.139. The van der Waals surface area contributed by atoms with E-state index < -0.39 is 0 Å². The van der Waals surface area contributed by atoms with E-state index >= 15 is 0 Å². The van der Waals surface area contributed by atoms with Crippen LogP contribution in [0, 0.1) is 12.7 Å². The van der Waals surface area contributed by atoms with E-state index in [2.05, 4.69) is 4.98 Å². The lowest BCUT2D eigenvalue weighted by Crippen LogP contribution is -2.21. The van der Waals surface area contributed by atoms with Gasteiger partial charge in [0.1, 0.15) is 24.0 Å². The first-order chi connectivity index (χ1) is 8.56. The Hall–Kier alpha value is -2.17. The molecule has 0 unspecified atom stereocenters. The molecule has 1 heterocycles. The third kappa shape index (κ3) is 2.74. The van der Waals surface area contributed by atoms with Gasteiger partial charge in [-0.05, 0) is 19.1 Å². The normalized spacial score (nSPS) is 10.4. The number of hydrogen-bond acceptors (Lipinski definition) is 3. The Morgan fingerprint density at radius 1 is 1.39 bits per heavy atom. The maximum Gasteiger partial charge on any atom is 0.253 e. The smallest absolute Gasteiger partial charge is 0.253 e. The minimum atomic E-state index is -0.361. The maximum absolute atomic E-state index is 12.9. The molecule has 0 fully saturated rings. The van der Waals surface area contributed by atoms with Crippen LogP contribution in [0.15, 0.2) is 35.1 Å². The molecule has 0 bridgehead atoms. The Morgan fingerprint density at radius 3 is 2.83 bits per heavy atom. The predicted octanol–water partition coefficient (Wildman–Crippen LogP) is 1.81. The van der Waals surface area contributed by atoms with Crippen LogP contribution in [0.1, 0.15) is 11.5 Å². The van der Waals surface area contributed by atoms with E-state index in [1.165, 1.54) is 22.8 Å². The molecule has 5 heteroatoms. The molecule has 4 nitrogen and oxygen atoms in total. The Bertz CT molecular complexity index is 623. The van der Waals surface area contributed by atoms with E-state index in [4.69, 9.17) is 4.74 Å². The van der Waals surface area contributed by atoms with Gasteiger partial charge in [0.25, 0.3) is 5.56 Å². The Balaban J connectivity index is 2.14. The first-order valence-electron chi connectivity index (χ1n) is 5.48. The van der Waals surface area contributed by atoms with Crippen molar-refractivity contribution in [3.8, 4) is 5.75 Å². The minimum Gasteiger partial charge on any atom is -0.487 e. The van der Waals surface area contributed by atoms with E-state index in [1.807, 2.05) is 0 Å². The van der Waals surface area contributed by atoms with Gasteiger partial charge < -0.3 is 9.30 Å². The van der Waals surface area contributed by atoms with E-state index in [0.717, 1.165) is 0 Å². The first kappa shape index (κ1) is 12.3. The molecule has 0 atom stereocenters. The third-order valence-electron chi connectivity index (χ3n) is 2.59. The molecule has 0 saturated carbocycles. The second-order valence-electron chi connectivity index (χ2n) is 3.94. The molecule has 0 aliphatic heterocycles. The van der Waals surface area contributed by atoms with Gasteiger partial charge in [-0.2, -0.15) is 0 Å². The zero-order chi connectivity index (χ0) is 13.1. The summed E-state index contributed by atoms with van der Waals surface area (Å²) < 4.78 is 19.7. The second-order valence-corrected chi connectivity index (χ2v) is 3.94. The zero-order valence-electron chi connectivity index (χ0n) is 10.2. The predicted molar refractivity (Wildman–Crippen MR) is 64.9 cm³/mol. The lowest BCUT2D eigenvalue weighted by atomic mass is 10.3. The molecule has 0 saturated heterocycles. The molecule has 2 rings (SSSR count). The highest BCUT2D eigenvalue weighted by Gasteiger charge is 2.03. The fourth-order valence-electron chi connectivity index (χ4n) is 1.50. The van der Waals surface area contributed by atoms with Gasteiger partial charge in [-0.25, -0.2) is 9.37 Å². The summed E-state index contributed by atoms with van der Waals surface area (Å²) in [5, 5.41) is 0. The summed E-state index contributed by atoms with van der Waals surface area (Å²) in [5.74, 6) is 0.663. The number of aromatic nitrogens is 2. The lowest BCUT2D eigenvalue weighted by molar-refractivity contribution is 0.298. The van der Waals surface area contributed by atoms with Crippen LogP contribution in [-0.4, -0.2) is 9.55 Å². The summed E-state index contributed by atoms with van der Waals surface area (Å²) >= 11 is 0. The Kier molecular flexibility index (Phi) is 3.41. The number of aryl methyl sites for hydroxylation is 1. The standard InChI is InChI=1S/C13H13FN2O2/c1-9-15-11(7-13(17)16(9)2)8-18-12-5-3-4-10(14)6-12/h3-7H,8H2,1-2H3. The molecule has 0 aliphatic carbocycles. The van der Waals surface area contributed by atoms with Crippen molar-refractivity contribution in [3.63, 3.8) is 0 Å². The average molecular weight is 248 g/mol. The van der Waals surface area contributed by atoms with Crippen LogP contribution in [0.4, 0.5) is 4.39 Å². The molecule has 1 aromatic heterocycles. The highest BCUT2D eigenvalue weighted by molar-refractivity contribution is 5.22. The van der Waals surface area contributed by atoms with Crippen LogP contribution in [0.25, 0.3) is 0 Å². The average Bonchev–Trinajstić information content (AvgIpc) is 2.33. The molecule has 0 aliphatic rings. The largest absolute Gasteiger partial charge is 0.487 e. The van der Waals surface area contributed by atoms with Crippen LogP contribution < -0.4 is 10.3 Å². The molecule has 94 valence electrons. The topological polar surface area (TPSA) is 44.1 Å². The van der Waals surface area contributed by atoms with Gasteiger partial charge >= 0.3 is 0 Å². The van der Waals surface area contributed by atoms with Crippen LogP contribution >= 0.6 is 0 Å². The van der Waals surface area contributed by atoms with E-state index in [-0.39, 0.29) is 18.0 Å². The Labute approximate surface area is 104 Å². The Morgan fingerprint density at radius 2 is 2.17 bits per heavy atom. The van der Waals surface area contributed by atoms with Crippen molar-refractivity contribution in [1.82, 2.24) is 9.55 Å². The van der Waals surface area contributed by atoms with Crippen molar-refractivity contribution < 1.29 is 9.13 Å². The van der Waals surface area contributed by atoms with Crippen LogP contribution in [0.3, 0.4) is 0 Å². The summed E-state index contributed by atoms with van der Waals surface area (Å²) in [6.07, 6.45) is 0. The summed E-state index contributed by atoms with van der Waals surface area (Å²) in [7, 11) is 1.65. The van der Waals surface area contributed by atoms with Crippen LogP contribution in [0.5, 0.6) is 5.75 Å². The summed E-state index contributed by atoms with van der Waals surface area (Å²) in [4.78, 5) is 15.7. The number of rotatable bonds is 3. The molecule has 0 N–H and O–H groups in total. The van der Waals surface area contributed by atoms with Crippen molar-refractivity contribution in [2.45, 2.75) is 13.5 Å². The summed E-state index contributed by atoms with van der Waals surface area (Å²) in [5.41, 5.74) is 0.389. The van der Waals surface area contributed by atoms with Gasteiger partial charge in [0, 0.05) is 19.2 Å². The van der Waals surface area contributed by atoms with Gasteiger partial charge in [0.15, 0.2) is 0 Å². The number of halogens is 1. The summed E-state index contributed by atoms with van der Waals surface area (Å²) in [6, 6.07) is 7.25. The first-order valence-corrected chi connectivity index (χ1v) is 5.48. The monoisotopic (exact) mass is 248 g/mol. The van der Waals surface area contributed by atoms with E-state index in [1.54, 1.807) is 26.1 Å². The molecule has 1 aromatic carbocycles. The summed E-state index contributed by atoms with van der Waals surface area (Å²) in [6.45, 7) is 1.88. The van der Waals surface area contributed by atoms with E-state index in [0.29, 0.717) is 17.3 Å². The van der Waals surface area contributed by atoms with Crippen LogP contribution in [0.2, 0.25) is 0 Å². The highest BCUT2D eigenvalue weighted by Crippen LogP contribution is 2.13. The third-order valence-corrected chi connectivity index (χ3v) is 2.59. The van der Waals surface area contributed by atoms with E-state index in [9.17, 15) is 9.18 Å². The quantitative estimate of drug-likeness (QED) is 0.832. The number of ether oxygens (including phenoxy) is 1. The molecule has 2 aromatic rings. The lowest BCUT2D eigenvalue weighted by Gasteiger charge is -2.08. The molecule has 0 amide bonds. The SMILES string of the molecule is Cc1nc(COc2cccc(F)c2)cc(=O)n1C. The fourth-order valence-corrected chi connectivity index (χ4v) is 1.50. The van der Waals surface area contributed by atoms with Gasteiger partial charge in [0.05, 0.1) is 5.69 Å². The van der Waals surface area contributed by atoms with Gasteiger partial charge in [-0.3, -0.25) is 4.79 Å². The van der Waals surface area contributed by atoms with Crippen LogP contribution in [-0.2, 0) is 13.7 Å². The van der Waals surface area contributed by atoms with Crippen molar-refractivity contribution in [3.05, 3.63) is 58.0 Å². The van der Waals surface area contributed by atoms with Crippen molar-refractivity contribution >= 4 is 0 Å². The highest BCUT2D eigenvalue weighted by atomic mass is 19.1. The molecule has 0 radical (unpaired) electrons. The van der Waals surface area contributed by atoms with Gasteiger partial charge in [0.2, 0.25) is 0 Å². The van der Waals surface area contributed by atoms with Gasteiger partial charge in [-0.1, -0.05) is 6.07 Å². The molecule has 0 spiro atoms. The second kappa shape index (κ2) is 5.00. The molecular weight excluding hydrogens is 235 g/mol. The molecular formula is C13H13FN2O2.